The van der Waals surface area contributed by atoms with Gasteiger partial charge in [0.2, 0.25) is 11.8 Å². The summed E-state index contributed by atoms with van der Waals surface area (Å²) >= 11 is 0. The van der Waals surface area contributed by atoms with Crippen molar-refractivity contribution in [3.05, 3.63) is 41.5 Å². The molecule has 1 aromatic heterocycles. The van der Waals surface area contributed by atoms with Crippen LogP contribution in [0.2, 0.25) is 0 Å². The highest BCUT2D eigenvalue weighted by molar-refractivity contribution is 5.92. The molecule has 2 heterocycles. The van der Waals surface area contributed by atoms with Crippen LogP contribution in [0.5, 0.6) is 0 Å². The van der Waals surface area contributed by atoms with Crippen LogP contribution in [0.15, 0.2) is 28.8 Å². The lowest BCUT2D eigenvalue weighted by atomic mass is 10.1. The van der Waals surface area contributed by atoms with E-state index in [0.717, 1.165) is 44.1 Å². The van der Waals surface area contributed by atoms with E-state index < -0.39 is 0 Å². The molecular weight excluding hydrogens is 342 g/mol. The van der Waals surface area contributed by atoms with Crippen molar-refractivity contribution in [2.45, 2.75) is 39.7 Å². The molecule has 7 heteroatoms. The zero-order valence-electron chi connectivity index (χ0n) is 16.4. The van der Waals surface area contributed by atoms with E-state index in [1.807, 2.05) is 18.2 Å². The standard InChI is InChI=1S/C20H29N5O2/c1-4-16-6-5-7-17(12-16)21-18(26)13-24-8-10-25(11-9-24)14-19-22-20(15(2)3)23-27-19/h5-7,12,15H,4,8-11,13-14H2,1-3H3,(H,21,26). The lowest BCUT2D eigenvalue weighted by Crippen LogP contribution is -2.48. The summed E-state index contributed by atoms with van der Waals surface area (Å²) in [7, 11) is 0. The topological polar surface area (TPSA) is 74.5 Å². The highest BCUT2D eigenvalue weighted by atomic mass is 16.5. The zero-order valence-corrected chi connectivity index (χ0v) is 16.4. The van der Waals surface area contributed by atoms with Gasteiger partial charge in [-0.05, 0) is 24.1 Å². The third kappa shape index (κ3) is 5.61. The SMILES string of the molecule is CCc1cccc(NC(=O)CN2CCN(Cc3nc(C(C)C)no3)CC2)c1. The summed E-state index contributed by atoms with van der Waals surface area (Å²) in [4.78, 5) is 21.2. The van der Waals surface area contributed by atoms with Gasteiger partial charge in [0.15, 0.2) is 5.82 Å². The van der Waals surface area contributed by atoms with Gasteiger partial charge >= 0.3 is 0 Å². The zero-order chi connectivity index (χ0) is 19.2. The number of anilines is 1. The number of carbonyl (C=O) groups is 1. The second-order valence-electron chi connectivity index (χ2n) is 7.36. The first-order chi connectivity index (χ1) is 13.0. The van der Waals surface area contributed by atoms with Gasteiger partial charge in [-0.1, -0.05) is 38.1 Å². The Morgan fingerprint density at radius 1 is 1.22 bits per heavy atom. The minimum absolute atomic E-state index is 0.0372. The summed E-state index contributed by atoms with van der Waals surface area (Å²) in [6.07, 6.45) is 0.963. The Hall–Kier alpha value is -2.25. The Morgan fingerprint density at radius 3 is 2.63 bits per heavy atom. The first-order valence-corrected chi connectivity index (χ1v) is 9.69. The number of aryl methyl sites for hydroxylation is 1. The van der Waals surface area contributed by atoms with Crippen LogP contribution >= 0.6 is 0 Å². The molecule has 2 aromatic rings. The average molecular weight is 371 g/mol. The number of benzene rings is 1. The summed E-state index contributed by atoms with van der Waals surface area (Å²) < 4.78 is 5.32. The summed E-state index contributed by atoms with van der Waals surface area (Å²) in [6, 6.07) is 8.02. The number of aromatic nitrogens is 2. The number of rotatable bonds is 7. The van der Waals surface area contributed by atoms with Crippen LogP contribution in [0.3, 0.4) is 0 Å². The fourth-order valence-corrected chi connectivity index (χ4v) is 3.14. The quantitative estimate of drug-likeness (QED) is 0.806. The second-order valence-corrected chi connectivity index (χ2v) is 7.36. The highest BCUT2D eigenvalue weighted by Crippen LogP contribution is 2.13. The van der Waals surface area contributed by atoms with Crippen molar-refractivity contribution < 1.29 is 9.32 Å². The van der Waals surface area contributed by atoms with Gasteiger partial charge in [0.05, 0.1) is 13.1 Å². The maximum atomic E-state index is 12.3. The fourth-order valence-electron chi connectivity index (χ4n) is 3.14. The molecule has 1 aliphatic heterocycles. The molecule has 0 saturated carbocycles. The van der Waals surface area contributed by atoms with Crippen LogP contribution in [0.4, 0.5) is 5.69 Å². The Labute approximate surface area is 160 Å². The highest BCUT2D eigenvalue weighted by Gasteiger charge is 2.21. The molecule has 1 aliphatic rings. The van der Waals surface area contributed by atoms with E-state index in [0.29, 0.717) is 19.0 Å². The molecule has 0 unspecified atom stereocenters. The number of carbonyl (C=O) groups excluding carboxylic acids is 1. The number of amides is 1. The number of hydrogen-bond acceptors (Lipinski definition) is 6. The van der Waals surface area contributed by atoms with Crippen molar-refractivity contribution in [1.29, 1.82) is 0 Å². The average Bonchev–Trinajstić information content (AvgIpc) is 3.12. The van der Waals surface area contributed by atoms with Crippen molar-refractivity contribution in [2.24, 2.45) is 0 Å². The fraction of sp³-hybridized carbons (Fsp3) is 0.550. The van der Waals surface area contributed by atoms with Gasteiger partial charge < -0.3 is 9.84 Å². The third-order valence-electron chi connectivity index (χ3n) is 4.81. The molecule has 0 bridgehead atoms. The molecule has 27 heavy (non-hydrogen) atoms. The van der Waals surface area contributed by atoms with Crippen LogP contribution in [0.25, 0.3) is 0 Å². The molecule has 1 amide bonds. The lowest BCUT2D eigenvalue weighted by Gasteiger charge is -2.33. The summed E-state index contributed by atoms with van der Waals surface area (Å²) in [5.41, 5.74) is 2.10. The van der Waals surface area contributed by atoms with Crippen LogP contribution in [-0.4, -0.2) is 58.6 Å². The van der Waals surface area contributed by atoms with Gasteiger partial charge in [-0.25, -0.2) is 0 Å². The van der Waals surface area contributed by atoms with Gasteiger partial charge in [-0.3, -0.25) is 14.6 Å². The molecule has 1 N–H and O–H groups in total. The number of piperazine rings is 1. The minimum Gasteiger partial charge on any atom is -0.338 e. The van der Waals surface area contributed by atoms with Gasteiger partial charge in [0.1, 0.15) is 0 Å². The molecular formula is C20H29N5O2. The monoisotopic (exact) mass is 371 g/mol. The Bertz CT molecular complexity index is 750. The van der Waals surface area contributed by atoms with Gasteiger partial charge in [-0.2, -0.15) is 4.98 Å². The molecule has 146 valence electrons. The first-order valence-electron chi connectivity index (χ1n) is 9.69. The van der Waals surface area contributed by atoms with Crippen LogP contribution in [0.1, 0.15) is 44.0 Å². The molecule has 7 nitrogen and oxygen atoms in total. The predicted molar refractivity (Wildman–Crippen MR) is 105 cm³/mol. The van der Waals surface area contributed by atoms with Gasteiger partial charge in [0.25, 0.3) is 0 Å². The molecule has 1 saturated heterocycles. The van der Waals surface area contributed by atoms with E-state index in [1.165, 1.54) is 5.56 Å². The first kappa shape index (κ1) is 19.5. The molecule has 0 radical (unpaired) electrons. The van der Waals surface area contributed by atoms with Gasteiger partial charge in [0, 0.05) is 37.8 Å². The van der Waals surface area contributed by atoms with Gasteiger partial charge in [-0.15, -0.1) is 0 Å². The van der Waals surface area contributed by atoms with Crippen molar-refractivity contribution in [3.8, 4) is 0 Å². The summed E-state index contributed by atoms with van der Waals surface area (Å²) in [6.45, 7) is 10.8. The Morgan fingerprint density at radius 2 is 1.96 bits per heavy atom. The minimum atomic E-state index is 0.0372. The number of nitrogens with one attached hydrogen (secondary N) is 1. The Balaban J connectivity index is 1.42. The maximum Gasteiger partial charge on any atom is 0.240 e. The molecule has 0 spiro atoms. The van der Waals surface area contributed by atoms with E-state index in [4.69, 9.17) is 4.52 Å². The van der Waals surface area contributed by atoms with Crippen molar-refractivity contribution in [1.82, 2.24) is 19.9 Å². The van der Waals surface area contributed by atoms with E-state index in [2.05, 4.69) is 52.1 Å². The van der Waals surface area contributed by atoms with E-state index >= 15 is 0 Å². The molecule has 0 aliphatic carbocycles. The second kappa shape index (κ2) is 9.10. The van der Waals surface area contributed by atoms with Crippen LogP contribution in [-0.2, 0) is 17.8 Å². The lowest BCUT2D eigenvalue weighted by molar-refractivity contribution is -0.117. The van der Waals surface area contributed by atoms with Crippen LogP contribution < -0.4 is 5.32 Å². The summed E-state index contributed by atoms with van der Waals surface area (Å²) in [5.74, 6) is 1.74. The third-order valence-corrected chi connectivity index (χ3v) is 4.81. The largest absolute Gasteiger partial charge is 0.338 e. The van der Waals surface area contributed by atoms with Crippen molar-refractivity contribution >= 4 is 11.6 Å². The normalized spacial score (nSPS) is 16.0. The molecule has 0 atom stereocenters. The van der Waals surface area contributed by atoms with E-state index in [9.17, 15) is 4.79 Å². The molecule has 3 rings (SSSR count). The van der Waals surface area contributed by atoms with E-state index in [-0.39, 0.29) is 11.8 Å². The summed E-state index contributed by atoms with van der Waals surface area (Å²) in [5, 5.41) is 7.01. The van der Waals surface area contributed by atoms with Crippen LogP contribution in [0, 0.1) is 0 Å². The number of nitrogens with zero attached hydrogens (tertiary/aromatic N) is 4. The van der Waals surface area contributed by atoms with Crippen molar-refractivity contribution in [2.75, 3.05) is 38.0 Å². The smallest absolute Gasteiger partial charge is 0.240 e. The predicted octanol–water partition coefficient (Wildman–Crippen LogP) is 2.51. The van der Waals surface area contributed by atoms with Crippen molar-refractivity contribution in [3.63, 3.8) is 0 Å². The molecule has 1 aromatic carbocycles. The molecule has 1 fully saturated rings. The van der Waals surface area contributed by atoms with E-state index in [1.54, 1.807) is 0 Å². The maximum absolute atomic E-state index is 12.3. The Kier molecular flexibility index (Phi) is 6.58. The number of hydrogen-bond donors (Lipinski definition) is 1.